The second-order valence-corrected chi connectivity index (χ2v) is 3.21. The van der Waals surface area contributed by atoms with Crippen molar-refractivity contribution in [2.45, 2.75) is 32.9 Å². The molecular formula is C9H14N3O. The largest absolute Gasteiger partial charge is 0.354 e. The third-order valence-electron chi connectivity index (χ3n) is 1.55. The number of nitrogens with one attached hydrogen (secondary N) is 1. The van der Waals surface area contributed by atoms with E-state index in [9.17, 15) is 4.79 Å². The molecule has 0 aliphatic rings. The zero-order valence-electron chi connectivity index (χ0n) is 7.95. The molecule has 0 aromatic carbocycles. The predicted molar refractivity (Wildman–Crippen MR) is 49.0 cm³/mol. The van der Waals surface area contributed by atoms with Crippen molar-refractivity contribution in [1.82, 2.24) is 14.9 Å². The van der Waals surface area contributed by atoms with Crippen LogP contribution >= 0.6 is 0 Å². The van der Waals surface area contributed by atoms with Crippen LogP contribution in [0, 0.1) is 6.20 Å². The summed E-state index contributed by atoms with van der Waals surface area (Å²) in [6.45, 7) is 4.56. The lowest BCUT2D eigenvalue weighted by Gasteiger charge is -2.07. The van der Waals surface area contributed by atoms with Gasteiger partial charge < -0.3 is 9.88 Å². The summed E-state index contributed by atoms with van der Waals surface area (Å²) < 4.78 is 1.83. The number of carbonyl (C=O) groups is 1. The van der Waals surface area contributed by atoms with E-state index in [-0.39, 0.29) is 11.9 Å². The maximum Gasteiger partial charge on any atom is 0.221 e. The van der Waals surface area contributed by atoms with E-state index in [1.807, 2.05) is 18.4 Å². The van der Waals surface area contributed by atoms with Crippen molar-refractivity contribution in [3.63, 3.8) is 0 Å². The highest BCUT2D eigenvalue weighted by Crippen LogP contribution is 1.90. The summed E-state index contributed by atoms with van der Waals surface area (Å²) in [6.07, 6.45) is 6.54. The summed E-state index contributed by atoms with van der Waals surface area (Å²) >= 11 is 0. The van der Waals surface area contributed by atoms with Crippen LogP contribution in [0.5, 0.6) is 0 Å². The monoisotopic (exact) mass is 180 g/mol. The quantitative estimate of drug-likeness (QED) is 0.737. The fraction of sp³-hybridized carbons (Fsp3) is 0.556. The molecule has 4 heteroatoms. The maximum absolute atomic E-state index is 11.2. The van der Waals surface area contributed by atoms with Crippen LogP contribution < -0.4 is 5.32 Å². The standard InChI is InChI=1S/C9H14N3O/c1-8(2)11-9(13)3-5-12-6-4-10-7-12/h6-8H,3,5H2,1-2H3,(H,11,13). The number of nitrogens with zero attached hydrogens (tertiary/aromatic N) is 2. The molecule has 1 heterocycles. The molecule has 0 aliphatic heterocycles. The molecule has 1 rings (SSSR count). The molecular weight excluding hydrogens is 166 g/mol. The lowest BCUT2D eigenvalue weighted by atomic mass is 10.3. The zero-order chi connectivity index (χ0) is 9.68. The molecule has 0 saturated heterocycles. The van der Waals surface area contributed by atoms with Gasteiger partial charge in [0.2, 0.25) is 5.91 Å². The van der Waals surface area contributed by atoms with E-state index in [1.165, 1.54) is 0 Å². The molecule has 0 saturated carbocycles. The molecule has 4 nitrogen and oxygen atoms in total. The van der Waals surface area contributed by atoms with Crippen molar-refractivity contribution in [3.8, 4) is 0 Å². The minimum absolute atomic E-state index is 0.0729. The van der Waals surface area contributed by atoms with E-state index in [1.54, 1.807) is 12.5 Å². The number of aromatic nitrogens is 2. The fourth-order valence-electron chi connectivity index (χ4n) is 0.995. The Labute approximate surface area is 78.0 Å². The van der Waals surface area contributed by atoms with Gasteiger partial charge in [-0.3, -0.25) is 4.79 Å². The summed E-state index contributed by atoms with van der Waals surface area (Å²) in [7, 11) is 0. The molecule has 71 valence electrons. The van der Waals surface area contributed by atoms with Crippen molar-refractivity contribution in [1.29, 1.82) is 0 Å². The topological polar surface area (TPSA) is 46.9 Å². The average molecular weight is 180 g/mol. The Morgan fingerprint density at radius 1 is 1.69 bits per heavy atom. The van der Waals surface area contributed by atoms with Crippen molar-refractivity contribution in [2.75, 3.05) is 0 Å². The van der Waals surface area contributed by atoms with Crippen LogP contribution in [0.25, 0.3) is 0 Å². The summed E-state index contributed by atoms with van der Waals surface area (Å²) in [5.74, 6) is 0.0729. The lowest BCUT2D eigenvalue weighted by molar-refractivity contribution is -0.121. The smallest absolute Gasteiger partial charge is 0.221 e. The van der Waals surface area contributed by atoms with E-state index in [0.29, 0.717) is 13.0 Å². The Hall–Kier alpha value is -1.32. The Kier molecular flexibility index (Phi) is 3.49. The number of imidazole rings is 1. The van der Waals surface area contributed by atoms with Gasteiger partial charge in [-0.05, 0) is 13.8 Å². The predicted octanol–water partition coefficient (Wildman–Crippen LogP) is 0.598. The molecule has 1 radical (unpaired) electrons. The summed E-state index contributed by atoms with van der Waals surface area (Å²) in [5, 5.41) is 2.82. The molecule has 0 unspecified atom stereocenters. The Bertz CT molecular complexity index is 254. The van der Waals surface area contributed by atoms with Crippen molar-refractivity contribution >= 4 is 5.91 Å². The minimum atomic E-state index is 0.0729. The van der Waals surface area contributed by atoms with E-state index >= 15 is 0 Å². The highest BCUT2D eigenvalue weighted by molar-refractivity contribution is 5.76. The van der Waals surface area contributed by atoms with Gasteiger partial charge in [-0.25, -0.2) is 4.98 Å². The van der Waals surface area contributed by atoms with Crippen LogP contribution in [0.1, 0.15) is 20.3 Å². The van der Waals surface area contributed by atoms with E-state index in [0.717, 1.165) is 0 Å². The van der Waals surface area contributed by atoms with Gasteiger partial charge in [-0.1, -0.05) is 0 Å². The molecule has 0 atom stereocenters. The van der Waals surface area contributed by atoms with Crippen LogP contribution in [-0.4, -0.2) is 21.5 Å². The average Bonchev–Trinajstić information content (AvgIpc) is 2.51. The van der Waals surface area contributed by atoms with Crippen LogP contribution in [0.15, 0.2) is 12.5 Å². The van der Waals surface area contributed by atoms with E-state index < -0.39 is 0 Å². The van der Waals surface area contributed by atoms with Gasteiger partial charge in [-0.15, -0.1) is 0 Å². The first-order valence-corrected chi connectivity index (χ1v) is 4.35. The molecule has 0 fully saturated rings. The van der Waals surface area contributed by atoms with E-state index in [2.05, 4.69) is 16.5 Å². The fourth-order valence-corrected chi connectivity index (χ4v) is 0.995. The number of hydrogen-bond acceptors (Lipinski definition) is 2. The molecule has 0 aliphatic carbocycles. The Balaban J connectivity index is 2.23. The Morgan fingerprint density at radius 3 is 3.00 bits per heavy atom. The van der Waals surface area contributed by atoms with Gasteiger partial charge in [0, 0.05) is 25.2 Å². The van der Waals surface area contributed by atoms with Crippen LogP contribution in [0.2, 0.25) is 0 Å². The summed E-state index contributed by atoms with van der Waals surface area (Å²) in [5.41, 5.74) is 0. The van der Waals surface area contributed by atoms with Crippen LogP contribution in [0.4, 0.5) is 0 Å². The van der Waals surface area contributed by atoms with Gasteiger partial charge in [-0.2, -0.15) is 0 Å². The third-order valence-corrected chi connectivity index (χ3v) is 1.55. The van der Waals surface area contributed by atoms with Crippen LogP contribution in [-0.2, 0) is 11.3 Å². The zero-order valence-corrected chi connectivity index (χ0v) is 7.95. The van der Waals surface area contributed by atoms with Crippen molar-refractivity contribution in [2.24, 2.45) is 0 Å². The molecule has 1 aromatic heterocycles. The van der Waals surface area contributed by atoms with Gasteiger partial charge >= 0.3 is 0 Å². The van der Waals surface area contributed by atoms with Gasteiger partial charge in [0.25, 0.3) is 0 Å². The van der Waals surface area contributed by atoms with E-state index in [4.69, 9.17) is 0 Å². The molecule has 0 spiro atoms. The molecule has 0 bridgehead atoms. The van der Waals surface area contributed by atoms with Crippen molar-refractivity contribution < 1.29 is 4.79 Å². The summed E-state index contributed by atoms with van der Waals surface area (Å²) in [6, 6.07) is 0.210. The highest BCUT2D eigenvalue weighted by Gasteiger charge is 2.02. The lowest BCUT2D eigenvalue weighted by Crippen LogP contribution is -2.30. The third kappa shape index (κ3) is 3.73. The first kappa shape index (κ1) is 9.77. The van der Waals surface area contributed by atoms with Gasteiger partial charge in [0.15, 0.2) is 0 Å². The number of carbonyl (C=O) groups excluding carboxylic acids is 1. The molecule has 1 aromatic rings. The first-order chi connectivity index (χ1) is 6.18. The second kappa shape index (κ2) is 4.64. The number of hydrogen-bond donors (Lipinski definition) is 1. The maximum atomic E-state index is 11.2. The molecule has 1 N–H and O–H groups in total. The molecule has 1 amide bonds. The SMILES string of the molecule is CC(C)NC(=O)CCn1c[c]nc1. The number of amides is 1. The van der Waals surface area contributed by atoms with Crippen molar-refractivity contribution in [3.05, 3.63) is 18.7 Å². The Morgan fingerprint density at radius 2 is 2.46 bits per heavy atom. The second-order valence-electron chi connectivity index (χ2n) is 3.21. The first-order valence-electron chi connectivity index (χ1n) is 4.35. The molecule has 13 heavy (non-hydrogen) atoms. The highest BCUT2D eigenvalue weighted by atomic mass is 16.1. The van der Waals surface area contributed by atoms with Gasteiger partial charge in [0.05, 0.1) is 6.33 Å². The number of rotatable bonds is 4. The normalized spacial score (nSPS) is 10.4. The number of aryl methyl sites for hydroxylation is 1. The summed E-state index contributed by atoms with van der Waals surface area (Å²) in [4.78, 5) is 15.0. The van der Waals surface area contributed by atoms with Crippen LogP contribution in [0.3, 0.4) is 0 Å². The minimum Gasteiger partial charge on any atom is -0.354 e. The van der Waals surface area contributed by atoms with Gasteiger partial charge in [0.1, 0.15) is 6.20 Å².